The van der Waals surface area contributed by atoms with Crippen LogP contribution in [0.4, 0.5) is 4.39 Å². The summed E-state index contributed by atoms with van der Waals surface area (Å²) in [5.41, 5.74) is 10.4. The van der Waals surface area contributed by atoms with Crippen LogP contribution in [0.2, 0.25) is 0 Å². The number of halogens is 1. The van der Waals surface area contributed by atoms with E-state index in [-0.39, 0.29) is 40.9 Å². The molecular formula is C25H20FN2NaO2. The number of nitrogens with two attached hydrogens (primary N) is 1. The van der Waals surface area contributed by atoms with Gasteiger partial charge in [-0.25, -0.2) is 9.37 Å². The molecule has 0 atom stereocenters. The van der Waals surface area contributed by atoms with Gasteiger partial charge in [-0.1, -0.05) is 48.5 Å². The van der Waals surface area contributed by atoms with Crippen molar-refractivity contribution in [3.05, 3.63) is 89.2 Å². The first-order chi connectivity index (χ1) is 14.5. The number of pyridine rings is 1. The SMILES string of the molecule is Cc1c(-c2ccc(-c3ccccc3F)cc2)nc2ccc(CCN)cc2c1C(=O)[O-].[Na+]. The van der Waals surface area contributed by atoms with Crippen LogP contribution in [-0.2, 0) is 6.42 Å². The zero-order valence-electron chi connectivity index (χ0n) is 17.5. The van der Waals surface area contributed by atoms with Gasteiger partial charge < -0.3 is 15.6 Å². The first kappa shape index (κ1) is 23.1. The molecule has 2 N–H and O–H groups in total. The molecule has 0 spiro atoms. The van der Waals surface area contributed by atoms with Crippen molar-refractivity contribution in [2.45, 2.75) is 13.3 Å². The number of nitrogens with zero attached hydrogens (tertiary/aromatic N) is 1. The van der Waals surface area contributed by atoms with Gasteiger partial charge in [0.25, 0.3) is 0 Å². The van der Waals surface area contributed by atoms with E-state index in [0.29, 0.717) is 40.7 Å². The summed E-state index contributed by atoms with van der Waals surface area (Å²) >= 11 is 0. The molecule has 0 aliphatic carbocycles. The predicted octanol–water partition coefficient (Wildman–Crippen LogP) is 0.885. The zero-order chi connectivity index (χ0) is 21.3. The number of carbonyl (C=O) groups excluding carboxylic acids is 1. The number of hydrogen-bond acceptors (Lipinski definition) is 4. The Balaban J connectivity index is 0.00000272. The molecule has 0 aliphatic rings. The minimum absolute atomic E-state index is 0. The normalized spacial score (nSPS) is 10.7. The molecule has 4 aromatic rings. The number of rotatable bonds is 5. The quantitative estimate of drug-likeness (QED) is 0.485. The van der Waals surface area contributed by atoms with E-state index in [1.807, 2.05) is 42.5 Å². The van der Waals surface area contributed by atoms with E-state index in [0.717, 1.165) is 16.7 Å². The molecule has 0 amide bonds. The third-order valence-electron chi connectivity index (χ3n) is 5.27. The summed E-state index contributed by atoms with van der Waals surface area (Å²) in [5, 5.41) is 12.5. The molecule has 150 valence electrons. The number of aromatic nitrogens is 1. The van der Waals surface area contributed by atoms with E-state index >= 15 is 0 Å². The van der Waals surface area contributed by atoms with Crippen molar-refractivity contribution >= 4 is 16.9 Å². The molecule has 6 heteroatoms. The predicted molar refractivity (Wildman–Crippen MR) is 114 cm³/mol. The average molecular weight is 422 g/mol. The van der Waals surface area contributed by atoms with Gasteiger partial charge in [-0.3, -0.25) is 0 Å². The summed E-state index contributed by atoms with van der Waals surface area (Å²) in [4.78, 5) is 16.7. The van der Waals surface area contributed by atoms with E-state index < -0.39 is 5.97 Å². The van der Waals surface area contributed by atoms with Gasteiger partial charge in [-0.2, -0.15) is 0 Å². The summed E-state index contributed by atoms with van der Waals surface area (Å²) in [6, 6.07) is 19.4. The first-order valence-electron chi connectivity index (χ1n) is 9.69. The summed E-state index contributed by atoms with van der Waals surface area (Å²) < 4.78 is 14.1. The van der Waals surface area contributed by atoms with E-state index in [9.17, 15) is 14.3 Å². The molecule has 0 fully saturated rings. The van der Waals surface area contributed by atoms with Crippen LogP contribution in [0.5, 0.6) is 0 Å². The van der Waals surface area contributed by atoms with Crippen molar-refractivity contribution in [2.24, 2.45) is 5.73 Å². The first-order valence-corrected chi connectivity index (χ1v) is 9.69. The molecule has 0 saturated heterocycles. The topological polar surface area (TPSA) is 79.0 Å². The van der Waals surface area contributed by atoms with Gasteiger partial charge >= 0.3 is 29.6 Å². The largest absolute Gasteiger partial charge is 1.00 e. The van der Waals surface area contributed by atoms with Crippen LogP contribution in [0, 0.1) is 12.7 Å². The van der Waals surface area contributed by atoms with Crippen molar-refractivity contribution < 1.29 is 43.8 Å². The molecule has 0 saturated carbocycles. The maximum Gasteiger partial charge on any atom is 1.00 e. The van der Waals surface area contributed by atoms with Crippen LogP contribution in [0.1, 0.15) is 21.5 Å². The van der Waals surface area contributed by atoms with Crippen molar-refractivity contribution in [1.82, 2.24) is 4.98 Å². The molecule has 1 heterocycles. The Morgan fingerprint density at radius 2 is 1.71 bits per heavy atom. The van der Waals surface area contributed by atoms with Crippen LogP contribution in [0.15, 0.2) is 66.7 Å². The maximum atomic E-state index is 14.1. The standard InChI is InChI=1S/C25H21FN2O2.Na/c1-15-23(25(29)30)20-14-16(12-13-27)6-11-22(20)28-24(15)18-9-7-17(8-10-18)19-4-2-3-5-21(19)26;/h2-11,14H,12-13,27H2,1H3,(H,29,30);/q;+1/p-1. The van der Waals surface area contributed by atoms with Gasteiger partial charge in [0.2, 0.25) is 0 Å². The van der Waals surface area contributed by atoms with E-state index in [4.69, 9.17) is 10.7 Å². The number of carboxylic acids is 1. The molecule has 31 heavy (non-hydrogen) atoms. The zero-order valence-corrected chi connectivity index (χ0v) is 19.5. The number of carboxylic acid groups (broad SMARTS) is 1. The van der Waals surface area contributed by atoms with Crippen molar-refractivity contribution in [3.8, 4) is 22.4 Å². The summed E-state index contributed by atoms with van der Waals surface area (Å²) in [5.74, 6) is -1.54. The van der Waals surface area contributed by atoms with Crippen LogP contribution in [0.25, 0.3) is 33.3 Å². The Labute approximate surface area is 202 Å². The third kappa shape index (κ3) is 4.55. The van der Waals surface area contributed by atoms with Crippen LogP contribution in [0.3, 0.4) is 0 Å². The van der Waals surface area contributed by atoms with E-state index in [1.54, 1.807) is 25.1 Å². The molecule has 0 aliphatic heterocycles. The average Bonchev–Trinajstić information content (AvgIpc) is 2.74. The second-order valence-corrected chi connectivity index (χ2v) is 7.20. The van der Waals surface area contributed by atoms with Gasteiger partial charge in [-0.15, -0.1) is 0 Å². The van der Waals surface area contributed by atoms with Gasteiger partial charge in [0, 0.05) is 22.1 Å². The fourth-order valence-electron chi connectivity index (χ4n) is 3.77. The minimum Gasteiger partial charge on any atom is -0.545 e. The van der Waals surface area contributed by atoms with Gasteiger partial charge in [-0.05, 0) is 54.8 Å². The summed E-state index contributed by atoms with van der Waals surface area (Å²) in [6.07, 6.45) is 0.654. The number of hydrogen-bond donors (Lipinski definition) is 1. The van der Waals surface area contributed by atoms with E-state index in [2.05, 4.69) is 0 Å². The van der Waals surface area contributed by atoms with Crippen molar-refractivity contribution in [2.75, 3.05) is 6.54 Å². The van der Waals surface area contributed by atoms with Gasteiger partial charge in [0.1, 0.15) is 5.82 Å². The number of carbonyl (C=O) groups is 1. The molecule has 0 unspecified atom stereocenters. The molecule has 4 nitrogen and oxygen atoms in total. The van der Waals surface area contributed by atoms with Crippen LogP contribution < -0.4 is 40.4 Å². The molecule has 1 aromatic heterocycles. The Bertz CT molecular complexity index is 1260. The fraction of sp³-hybridized carbons (Fsp3) is 0.120. The Hall–Kier alpha value is -2.57. The van der Waals surface area contributed by atoms with Crippen LogP contribution in [-0.4, -0.2) is 17.5 Å². The number of aromatic carboxylic acids is 1. The van der Waals surface area contributed by atoms with Crippen LogP contribution >= 0.6 is 0 Å². The number of benzene rings is 3. The second-order valence-electron chi connectivity index (χ2n) is 7.20. The van der Waals surface area contributed by atoms with E-state index in [1.165, 1.54) is 6.07 Å². The smallest absolute Gasteiger partial charge is 0.545 e. The molecule has 0 radical (unpaired) electrons. The molecule has 4 rings (SSSR count). The maximum absolute atomic E-state index is 14.1. The monoisotopic (exact) mass is 422 g/mol. The Morgan fingerprint density at radius 3 is 2.35 bits per heavy atom. The van der Waals surface area contributed by atoms with Crippen molar-refractivity contribution in [1.29, 1.82) is 0 Å². The molecule has 3 aromatic carbocycles. The molecule has 0 bridgehead atoms. The van der Waals surface area contributed by atoms with Crippen molar-refractivity contribution in [3.63, 3.8) is 0 Å². The van der Waals surface area contributed by atoms with Gasteiger partial charge in [0.05, 0.1) is 17.2 Å². The van der Waals surface area contributed by atoms with Gasteiger partial charge in [0.15, 0.2) is 0 Å². The minimum atomic E-state index is -1.24. The molecular weight excluding hydrogens is 402 g/mol. The second kappa shape index (κ2) is 9.71. The Kier molecular flexibility index (Phi) is 7.23. The fourth-order valence-corrected chi connectivity index (χ4v) is 3.77. The Morgan fingerprint density at radius 1 is 1.03 bits per heavy atom. The third-order valence-corrected chi connectivity index (χ3v) is 5.27. The number of fused-ring (bicyclic) bond motifs is 1. The summed E-state index contributed by atoms with van der Waals surface area (Å²) in [6.45, 7) is 2.21. The summed E-state index contributed by atoms with van der Waals surface area (Å²) in [7, 11) is 0.